The number of carbonyl (C=O) groups excluding carboxylic acids is 1. The first-order chi connectivity index (χ1) is 15.5. The number of fused-ring (bicyclic) bond motifs is 2. The minimum Gasteiger partial charge on any atom is -0.508 e. The molecule has 0 unspecified atom stereocenters. The summed E-state index contributed by atoms with van der Waals surface area (Å²) in [4.78, 5) is 13.6. The van der Waals surface area contributed by atoms with Gasteiger partial charge in [-0.1, -0.05) is 30.8 Å². The van der Waals surface area contributed by atoms with Crippen LogP contribution in [0, 0.1) is 11.3 Å². The van der Waals surface area contributed by atoms with E-state index in [2.05, 4.69) is 12.6 Å². The molecule has 1 N–H and O–H groups in total. The number of phenols is 1. The first-order valence-corrected chi connectivity index (χ1v) is 10.3. The van der Waals surface area contributed by atoms with Crippen molar-refractivity contribution in [2.45, 2.75) is 6.04 Å². The van der Waals surface area contributed by atoms with Crippen molar-refractivity contribution in [3.8, 4) is 28.7 Å². The molecule has 5 rings (SSSR count). The van der Waals surface area contributed by atoms with Crippen molar-refractivity contribution >= 4 is 27.6 Å². The van der Waals surface area contributed by atoms with E-state index in [1.54, 1.807) is 24.1 Å². The SMILES string of the molecule is C=CC(=O)N1CC(n2c(C#N)cc3c(OC)c(-c4cc(O)cc5ccccc45)ccc32)C1. The van der Waals surface area contributed by atoms with Crippen LogP contribution in [-0.4, -0.2) is 40.7 Å². The highest BCUT2D eigenvalue weighted by molar-refractivity contribution is 6.03. The first-order valence-electron chi connectivity index (χ1n) is 10.3. The quantitative estimate of drug-likeness (QED) is 0.486. The molecule has 1 aliphatic heterocycles. The van der Waals surface area contributed by atoms with Gasteiger partial charge in [-0.05, 0) is 52.7 Å². The number of benzene rings is 3. The lowest BCUT2D eigenvalue weighted by atomic mass is 9.96. The normalized spacial score (nSPS) is 13.7. The van der Waals surface area contributed by atoms with Crippen molar-refractivity contribution in [2.75, 3.05) is 20.2 Å². The fourth-order valence-electron chi connectivity index (χ4n) is 4.63. The van der Waals surface area contributed by atoms with Gasteiger partial charge in [-0.2, -0.15) is 5.26 Å². The van der Waals surface area contributed by atoms with E-state index in [4.69, 9.17) is 4.74 Å². The van der Waals surface area contributed by atoms with Crippen molar-refractivity contribution in [2.24, 2.45) is 0 Å². The highest BCUT2D eigenvalue weighted by Crippen LogP contribution is 2.43. The van der Waals surface area contributed by atoms with Crippen LogP contribution in [0.4, 0.5) is 0 Å². The summed E-state index contributed by atoms with van der Waals surface area (Å²) >= 11 is 0. The Morgan fingerprint density at radius 1 is 1.16 bits per heavy atom. The Hall–Kier alpha value is -4.24. The summed E-state index contributed by atoms with van der Waals surface area (Å²) in [5.41, 5.74) is 3.09. The molecule has 158 valence electrons. The van der Waals surface area contributed by atoms with E-state index in [1.807, 2.05) is 47.0 Å². The number of rotatable bonds is 4. The van der Waals surface area contributed by atoms with Crippen LogP contribution in [0.25, 0.3) is 32.8 Å². The van der Waals surface area contributed by atoms with E-state index >= 15 is 0 Å². The number of nitriles is 1. The molecule has 0 radical (unpaired) electrons. The van der Waals surface area contributed by atoms with Gasteiger partial charge >= 0.3 is 0 Å². The average molecular weight is 423 g/mol. The summed E-state index contributed by atoms with van der Waals surface area (Å²) in [7, 11) is 1.61. The van der Waals surface area contributed by atoms with Crippen molar-refractivity contribution < 1.29 is 14.6 Å². The predicted octanol–water partition coefficient (Wildman–Crippen LogP) is 4.62. The number of hydrogen-bond acceptors (Lipinski definition) is 4. The zero-order valence-electron chi connectivity index (χ0n) is 17.6. The molecule has 1 saturated heterocycles. The van der Waals surface area contributed by atoms with Gasteiger partial charge in [0.15, 0.2) is 0 Å². The fraction of sp³-hybridized carbons (Fsp3) is 0.154. The second-order valence-corrected chi connectivity index (χ2v) is 7.91. The Bertz CT molecular complexity index is 1440. The minimum atomic E-state index is -0.105. The third kappa shape index (κ3) is 2.90. The third-order valence-corrected chi connectivity index (χ3v) is 6.14. The van der Waals surface area contributed by atoms with Crippen LogP contribution in [0.1, 0.15) is 11.7 Å². The Balaban J connectivity index is 1.68. The molecule has 0 bridgehead atoms. The van der Waals surface area contributed by atoms with Gasteiger partial charge < -0.3 is 19.3 Å². The van der Waals surface area contributed by atoms with E-state index in [0.29, 0.717) is 24.5 Å². The molecule has 4 aromatic rings. The van der Waals surface area contributed by atoms with Crippen molar-refractivity contribution in [3.05, 3.63) is 72.9 Å². The van der Waals surface area contributed by atoms with Gasteiger partial charge in [-0.15, -0.1) is 0 Å². The van der Waals surface area contributed by atoms with Gasteiger partial charge in [-0.25, -0.2) is 0 Å². The summed E-state index contributed by atoms with van der Waals surface area (Å²) in [5, 5.41) is 22.9. The molecule has 0 aliphatic carbocycles. The van der Waals surface area contributed by atoms with E-state index in [0.717, 1.165) is 32.8 Å². The topological polar surface area (TPSA) is 78.5 Å². The molecule has 0 atom stereocenters. The number of amides is 1. The molecule has 32 heavy (non-hydrogen) atoms. The molecule has 1 aromatic heterocycles. The fourth-order valence-corrected chi connectivity index (χ4v) is 4.63. The number of hydrogen-bond donors (Lipinski definition) is 1. The predicted molar refractivity (Wildman–Crippen MR) is 124 cm³/mol. The lowest BCUT2D eigenvalue weighted by Crippen LogP contribution is -2.50. The smallest absolute Gasteiger partial charge is 0.246 e. The van der Waals surface area contributed by atoms with Gasteiger partial charge in [0, 0.05) is 24.0 Å². The molecule has 6 heteroatoms. The second kappa shape index (κ2) is 7.47. The molecule has 1 amide bonds. The third-order valence-electron chi connectivity index (χ3n) is 6.14. The molecule has 1 fully saturated rings. The Morgan fingerprint density at radius 3 is 2.66 bits per heavy atom. The molecule has 2 heterocycles. The Morgan fingerprint density at radius 2 is 1.94 bits per heavy atom. The van der Waals surface area contributed by atoms with Gasteiger partial charge in [0.25, 0.3) is 0 Å². The summed E-state index contributed by atoms with van der Waals surface area (Å²) < 4.78 is 7.82. The summed E-state index contributed by atoms with van der Waals surface area (Å²) in [6.07, 6.45) is 1.31. The van der Waals surface area contributed by atoms with Crippen molar-refractivity contribution in [1.82, 2.24) is 9.47 Å². The van der Waals surface area contributed by atoms with Gasteiger partial charge in [0.05, 0.1) is 18.7 Å². The molecular formula is C26H21N3O3. The molecule has 1 aliphatic rings. The van der Waals surface area contributed by atoms with Gasteiger partial charge in [-0.3, -0.25) is 4.79 Å². The Labute approximate surface area is 185 Å². The molecule has 0 spiro atoms. The van der Waals surface area contributed by atoms with Crippen LogP contribution >= 0.6 is 0 Å². The number of ether oxygens (including phenoxy) is 1. The molecule has 6 nitrogen and oxygen atoms in total. The summed E-state index contributed by atoms with van der Waals surface area (Å²) in [6, 6.07) is 19.4. The zero-order chi connectivity index (χ0) is 22.4. The standard InChI is InChI=1S/C26H21N3O3/c1-3-25(31)28-14-18(15-28)29-17(13-27)11-23-24(29)9-8-21(26(23)32-2)22-12-19(30)10-16-6-4-5-7-20(16)22/h3-12,18,30H,1,14-15H2,2H3. The van der Waals surface area contributed by atoms with Gasteiger partial charge in [0.2, 0.25) is 5.91 Å². The van der Waals surface area contributed by atoms with Crippen LogP contribution in [0.15, 0.2) is 67.3 Å². The van der Waals surface area contributed by atoms with Crippen molar-refractivity contribution in [1.29, 1.82) is 5.26 Å². The summed E-state index contributed by atoms with van der Waals surface area (Å²) in [6.45, 7) is 4.60. The van der Waals surface area contributed by atoms with Crippen molar-refractivity contribution in [3.63, 3.8) is 0 Å². The average Bonchev–Trinajstić information content (AvgIpc) is 3.15. The van der Waals surface area contributed by atoms with Crippen LogP contribution in [0.5, 0.6) is 11.5 Å². The maximum atomic E-state index is 11.9. The number of nitrogens with zero attached hydrogens (tertiary/aromatic N) is 3. The molecule has 3 aromatic carbocycles. The van der Waals surface area contributed by atoms with Crippen LogP contribution in [-0.2, 0) is 4.79 Å². The van der Waals surface area contributed by atoms with E-state index < -0.39 is 0 Å². The minimum absolute atomic E-state index is 0.0169. The van der Waals surface area contributed by atoms with Crippen LogP contribution in [0.2, 0.25) is 0 Å². The van der Waals surface area contributed by atoms with Crippen LogP contribution < -0.4 is 4.74 Å². The lowest BCUT2D eigenvalue weighted by molar-refractivity contribution is -0.131. The van der Waals surface area contributed by atoms with E-state index in [9.17, 15) is 15.2 Å². The maximum absolute atomic E-state index is 11.9. The number of carbonyl (C=O) groups is 1. The zero-order valence-corrected chi connectivity index (χ0v) is 17.6. The number of methoxy groups -OCH3 is 1. The number of likely N-dealkylation sites (tertiary alicyclic amines) is 1. The monoisotopic (exact) mass is 423 g/mol. The maximum Gasteiger partial charge on any atom is 0.246 e. The van der Waals surface area contributed by atoms with E-state index in [1.165, 1.54) is 6.08 Å². The highest BCUT2D eigenvalue weighted by atomic mass is 16.5. The number of aromatic hydroxyl groups is 1. The number of aromatic nitrogens is 1. The Kier molecular flexibility index (Phi) is 4.60. The highest BCUT2D eigenvalue weighted by Gasteiger charge is 2.33. The second-order valence-electron chi connectivity index (χ2n) is 7.91. The van der Waals surface area contributed by atoms with Crippen LogP contribution in [0.3, 0.4) is 0 Å². The summed E-state index contributed by atoms with van der Waals surface area (Å²) in [5.74, 6) is 0.719. The first kappa shape index (κ1) is 19.7. The lowest BCUT2D eigenvalue weighted by Gasteiger charge is -2.40. The van der Waals surface area contributed by atoms with E-state index in [-0.39, 0.29) is 17.7 Å². The van der Waals surface area contributed by atoms with Gasteiger partial charge in [0.1, 0.15) is 23.3 Å². The molecule has 0 saturated carbocycles. The molecular weight excluding hydrogens is 402 g/mol. The number of phenolic OH excluding ortho intramolecular Hbond substituents is 1. The largest absolute Gasteiger partial charge is 0.508 e.